The zero-order chi connectivity index (χ0) is 18.5. The highest BCUT2D eigenvalue weighted by molar-refractivity contribution is 5.99. The van der Waals surface area contributed by atoms with Crippen LogP contribution < -0.4 is 11.1 Å². The molecule has 2 aromatic carbocycles. The number of aryl methyl sites for hydroxylation is 1. The molecule has 26 heavy (non-hydrogen) atoms. The number of hydrogen-bond donors (Lipinski definition) is 2. The molecule has 5 nitrogen and oxygen atoms in total. The van der Waals surface area contributed by atoms with Crippen molar-refractivity contribution in [3.63, 3.8) is 0 Å². The second-order valence-electron chi connectivity index (χ2n) is 6.72. The van der Waals surface area contributed by atoms with Crippen molar-refractivity contribution in [3.8, 4) is 0 Å². The third kappa shape index (κ3) is 4.04. The molecule has 0 bridgehead atoms. The largest absolute Gasteiger partial charge is 0.399 e. The van der Waals surface area contributed by atoms with Gasteiger partial charge in [0.2, 0.25) is 5.91 Å². The van der Waals surface area contributed by atoms with Crippen LogP contribution in [0.4, 0.5) is 11.4 Å². The topological polar surface area (TPSA) is 75.4 Å². The van der Waals surface area contributed by atoms with Gasteiger partial charge in [0.1, 0.15) is 0 Å². The van der Waals surface area contributed by atoms with Gasteiger partial charge in [-0.3, -0.25) is 9.59 Å². The molecule has 0 unspecified atom stereocenters. The molecular formula is C21H25N3O2. The van der Waals surface area contributed by atoms with E-state index in [4.69, 9.17) is 5.73 Å². The van der Waals surface area contributed by atoms with Crippen LogP contribution in [0, 0.1) is 6.92 Å². The van der Waals surface area contributed by atoms with Crippen LogP contribution in [-0.4, -0.2) is 29.8 Å². The molecule has 0 radical (unpaired) electrons. The summed E-state index contributed by atoms with van der Waals surface area (Å²) in [6, 6.07) is 13.1. The average Bonchev–Trinajstić information content (AvgIpc) is 3.17. The average molecular weight is 351 g/mol. The van der Waals surface area contributed by atoms with E-state index in [0.717, 1.165) is 37.1 Å². The molecule has 1 saturated heterocycles. The summed E-state index contributed by atoms with van der Waals surface area (Å²) in [5, 5.41) is 2.94. The van der Waals surface area contributed by atoms with E-state index in [1.165, 1.54) is 0 Å². The Balaban J connectivity index is 1.66. The van der Waals surface area contributed by atoms with Crippen LogP contribution in [0.15, 0.2) is 42.5 Å². The van der Waals surface area contributed by atoms with Gasteiger partial charge in [0.15, 0.2) is 0 Å². The highest BCUT2D eigenvalue weighted by Crippen LogP contribution is 2.22. The smallest absolute Gasteiger partial charge is 0.254 e. The summed E-state index contributed by atoms with van der Waals surface area (Å²) in [6.07, 6.45) is 3.05. The fourth-order valence-electron chi connectivity index (χ4n) is 3.32. The Bertz CT molecular complexity index is 811. The van der Waals surface area contributed by atoms with E-state index in [-0.39, 0.29) is 11.8 Å². The van der Waals surface area contributed by atoms with E-state index in [1.807, 2.05) is 54.3 Å². The highest BCUT2D eigenvalue weighted by Gasteiger charge is 2.22. The summed E-state index contributed by atoms with van der Waals surface area (Å²) in [5.74, 6) is -0.0321. The summed E-state index contributed by atoms with van der Waals surface area (Å²) in [7, 11) is 0. The molecular weight excluding hydrogens is 326 g/mol. The van der Waals surface area contributed by atoms with Crippen molar-refractivity contribution in [2.45, 2.75) is 32.6 Å². The Hall–Kier alpha value is -2.82. The molecule has 1 aliphatic heterocycles. The molecule has 136 valence electrons. The van der Waals surface area contributed by atoms with Crippen LogP contribution in [-0.2, 0) is 11.2 Å². The Labute approximate surface area is 154 Å². The molecule has 0 saturated carbocycles. The van der Waals surface area contributed by atoms with Gasteiger partial charge in [-0.15, -0.1) is 0 Å². The molecule has 3 N–H and O–H groups in total. The van der Waals surface area contributed by atoms with Crippen LogP contribution in [0.25, 0.3) is 0 Å². The number of para-hydroxylation sites is 1. The number of nitrogen functional groups attached to an aromatic ring is 1. The van der Waals surface area contributed by atoms with Crippen molar-refractivity contribution >= 4 is 23.2 Å². The molecule has 2 amide bonds. The minimum absolute atomic E-state index is 0.0492. The Morgan fingerprint density at radius 2 is 1.81 bits per heavy atom. The fraction of sp³-hybridized carbons (Fsp3) is 0.333. The number of hydrogen-bond acceptors (Lipinski definition) is 3. The van der Waals surface area contributed by atoms with Crippen molar-refractivity contribution in [1.82, 2.24) is 4.90 Å². The van der Waals surface area contributed by atoms with E-state index in [1.54, 1.807) is 0 Å². The van der Waals surface area contributed by atoms with Gasteiger partial charge in [0.05, 0.1) is 0 Å². The molecule has 0 aromatic heterocycles. The first-order valence-electron chi connectivity index (χ1n) is 9.08. The van der Waals surface area contributed by atoms with E-state index in [2.05, 4.69) is 5.32 Å². The van der Waals surface area contributed by atoms with Crippen molar-refractivity contribution < 1.29 is 9.59 Å². The van der Waals surface area contributed by atoms with Gasteiger partial charge in [-0.05, 0) is 55.5 Å². The minimum Gasteiger partial charge on any atom is -0.399 e. The summed E-state index contributed by atoms with van der Waals surface area (Å²) in [4.78, 5) is 26.9. The molecule has 0 spiro atoms. The Kier molecular flexibility index (Phi) is 5.56. The molecule has 5 heteroatoms. The summed E-state index contributed by atoms with van der Waals surface area (Å²) in [5.41, 5.74) is 9.77. The lowest BCUT2D eigenvalue weighted by Gasteiger charge is -2.18. The summed E-state index contributed by atoms with van der Waals surface area (Å²) in [6.45, 7) is 3.51. The number of likely N-dealkylation sites (tertiary alicyclic amines) is 1. The second kappa shape index (κ2) is 8.04. The standard InChI is InChI=1S/C21H25N3O2/c1-15-17(21(26)24-13-4-5-14-24)8-6-10-19(15)23-20(25)12-11-16-7-2-3-9-18(16)22/h2-3,6-10H,4-5,11-14,22H2,1H3,(H,23,25). The summed E-state index contributed by atoms with van der Waals surface area (Å²) < 4.78 is 0. The number of nitrogens with zero attached hydrogens (tertiary/aromatic N) is 1. The Morgan fingerprint density at radius 3 is 2.54 bits per heavy atom. The number of carbonyl (C=O) groups is 2. The van der Waals surface area contributed by atoms with Crippen molar-refractivity contribution in [2.75, 3.05) is 24.1 Å². The zero-order valence-electron chi connectivity index (χ0n) is 15.1. The molecule has 0 atom stereocenters. The van der Waals surface area contributed by atoms with Crippen LogP contribution in [0.3, 0.4) is 0 Å². The third-order valence-electron chi connectivity index (χ3n) is 4.91. The molecule has 2 aromatic rings. The van der Waals surface area contributed by atoms with Crippen LogP contribution in [0.1, 0.15) is 40.7 Å². The first-order valence-corrected chi connectivity index (χ1v) is 9.08. The lowest BCUT2D eigenvalue weighted by atomic mass is 10.0. The van der Waals surface area contributed by atoms with Gasteiger partial charge in [-0.25, -0.2) is 0 Å². The number of benzene rings is 2. The van der Waals surface area contributed by atoms with Gasteiger partial charge in [-0.2, -0.15) is 0 Å². The van der Waals surface area contributed by atoms with Crippen molar-refractivity contribution in [2.24, 2.45) is 0 Å². The molecule has 0 aliphatic carbocycles. The molecule has 1 heterocycles. The van der Waals surface area contributed by atoms with Gasteiger partial charge in [-0.1, -0.05) is 24.3 Å². The second-order valence-corrected chi connectivity index (χ2v) is 6.72. The quantitative estimate of drug-likeness (QED) is 0.811. The predicted molar refractivity (Wildman–Crippen MR) is 104 cm³/mol. The number of carbonyl (C=O) groups excluding carboxylic acids is 2. The number of amides is 2. The first kappa shape index (κ1) is 18.0. The number of nitrogens with one attached hydrogen (secondary N) is 1. The Morgan fingerprint density at radius 1 is 1.08 bits per heavy atom. The van der Waals surface area contributed by atoms with E-state index in [0.29, 0.717) is 29.8 Å². The SMILES string of the molecule is Cc1c(NC(=O)CCc2ccccc2N)cccc1C(=O)N1CCCC1. The molecule has 3 rings (SSSR count). The van der Waals surface area contributed by atoms with Crippen molar-refractivity contribution in [1.29, 1.82) is 0 Å². The fourth-order valence-corrected chi connectivity index (χ4v) is 3.32. The maximum atomic E-state index is 12.7. The van der Waals surface area contributed by atoms with Crippen LogP contribution in [0.2, 0.25) is 0 Å². The first-order chi connectivity index (χ1) is 12.6. The third-order valence-corrected chi connectivity index (χ3v) is 4.91. The maximum absolute atomic E-state index is 12.7. The lowest BCUT2D eigenvalue weighted by Crippen LogP contribution is -2.28. The van der Waals surface area contributed by atoms with E-state index >= 15 is 0 Å². The normalized spacial score (nSPS) is 13.7. The molecule has 1 aliphatic rings. The van der Waals surface area contributed by atoms with Gasteiger partial charge in [0.25, 0.3) is 5.91 Å². The van der Waals surface area contributed by atoms with Gasteiger partial charge >= 0.3 is 0 Å². The maximum Gasteiger partial charge on any atom is 0.254 e. The zero-order valence-corrected chi connectivity index (χ0v) is 15.1. The van der Waals surface area contributed by atoms with Gasteiger partial charge in [0, 0.05) is 36.4 Å². The molecule has 1 fully saturated rings. The minimum atomic E-state index is -0.0814. The van der Waals surface area contributed by atoms with Crippen molar-refractivity contribution in [3.05, 3.63) is 59.2 Å². The predicted octanol–water partition coefficient (Wildman–Crippen LogP) is 3.38. The summed E-state index contributed by atoms with van der Waals surface area (Å²) >= 11 is 0. The number of rotatable bonds is 5. The van der Waals surface area contributed by atoms with Crippen LogP contribution in [0.5, 0.6) is 0 Å². The number of anilines is 2. The van der Waals surface area contributed by atoms with E-state index in [9.17, 15) is 9.59 Å². The highest BCUT2D eigenvalue weighted by atomic mass is 16.2. The monoisotopic (exact) mass is 351 g/mol. The number of nitrogens with two attached hydrogens (primary N) is 1. The van der Waals surface area contributed by atoms with E-state index < -0.39 is 0 Å². The lowest BCUT2D eigenvalue weighted by molar-refractivity contribution is -0.116. The van der Waals surface area contributed by atoms with Crippen LogP contribution >= 0.6 is 0 Å². The van der Waals surface area contributed by atoms with Gasteiger partial charge < -0.3 is 16.0 Å².